The van der Waals surface area contributed by atoms with Crippen molar-refractivity contribution in [3.8, 4) is 0 Å². The number of benzene rings is 2. The molecule has 3 aromatic rings. The maximum atomic E-state index is 12.5. The molecule has 0 fully saturated rings. The zero-order valence-corrected chi connectivity index (χ0v) is 18.2. The third-order valence-corrected chi connectivity index (χ3v) is 4.93. The summed E-state index contributed by atoms with van der Waals surface area (Å²) >= 11 is 1.61. The Morgan fingerprint density at radius 1 is 1.04 bits per heavy atom. The van der Waals surface area contributed by atoms with Crippen LogP contribution >= 0.6 is 36.6 Å². The second-order valence-electron chi connectivity index (χ2n) is 6.01. The number of aromatic amines is 1. The van der Waals surface area contributed by atoms with Crippen molar-refractivity contribution in [3.05, 3.63) is 59.7 Å². The smallest absolute Gasteiger partial charge is 0.251 e. The molecule has 152 valence electrons. The molecule has 0 radical (unpaired) electrons. The number of nitrogens with one attached hydrogen (secondary N) is 3. The predicted octanol–water partition coefficient (Wildman–Crippen LogP) is 4.43. The number of hydrogen-bond donors (Lipinski definition) is 3. The molecule has 1 amide bonds. The van der Waals surface area contributed by atoms with E-state index in [-0.39, 0.29) is 30.7 Å². The molecule has 0 aliphatic carbocycles. The summed E-state index contributed by atoms with van der Waals surface area (Å²) in [4.78, 5) is 20.4. The molecule has 0 bridgehead atoms. The summed E-state index contributed by atoms with van der Waals surface area (Å²) in [5.41, 5.74) is 3.73. The first kappa shape index (κ1) is 24.3. The van der Waals surface area contributed by atoms with Crippen LogP contribution < -0.4 is 10.6 Å². The minimum absolute atomic E-state index is 0. The predicted molar refractivity (Wildman–Crippen MR) is 122 cm³/mol. The van der Waals surface area contributed by atoms with E-state index in [0.717, 1.165) is 46.8 Å². The third-order valence-electron chi connectivity index (χ3n) is 4.01. The summed E-state index contributed by atoms with van der Waals surface area (Å²) in [5.74, 6) is 0.668. The van der Waals surface area contributed by atoms with Crippen molar-refractivity contribution < 1.29 is 4.79 Å². The Kier molecular flexibility index (Phi) is 11.0. The SMILES string of the molecule is CCCNCCNC(=O)c1ccccc1CSc1nc2ccccc2[nH]1.Cl.Cl. The zero-order valence-electron chi connectivity index (χ0n) is 15.7. The molecule has 2 aromatic carbocycles. The van der Waals surface area contributed by atoms with Gasteiger partial charge < -0.3 is 15.6 Å². The summed E-state index contributed by atoms with van der Waals surface area (Å²) in [6, 6.07) is 15.7. The van der Waals surface area contributed by atoms with Crippen LogP contribution in [0.5, 0.6) is 0 Å². The maximum Gasteiger partial charge on any atom is 0.251 e. The van der Waals surface area contributed by atoms with Crippen LogP contribution in [0.4, 0.5) is 0 Å². The second kappa shape index (κ2) is 12.7. The molecular weight excluding hydrogens is 415 g/mol. The van der Waals surface area contributed by atoms with E-state index in [1.165, 1.54) is 0 Å². The summed E-state index contributed by atoms with van der Waals surface area (Å²) in [7, 11) is 0. The van der Waals surface area contributed by atoms with Gasteiger partial charge in [0.1, 0.15) is 0 Å². The largest absolute Gasteiger partial charge is 0.351 e. The molecule has 1 aromatic heterocycles. The number of hydrogen-bond acceptors (Lipinski definition) is 4. The van der Waals surface area contributed by atoms with Crippen molar-refractivity contribution in [2.24, 2.45) is 0 Å². The maximum absolute atomic E-state index is 12.5. The molecule has 0 atom stereocenters. The van der Waals surface area contributed by atoms with Crippen LogP contribution in [-0.2, 0) is 5.75 Å². The van der Waals surface area contributed by atoms with Crippen molar-refractivity contribution >= 4 is 53.5 Å². The lowest BCUT2D eigenvalue weighted by molar-refractivity contribution is 0.0953. The Morgan fingerprint density at radius 3 is 2.57 bits per heavy atom. The zero-order chi connectivity index (χ0) is 18.2. The fourth-order valence-corrected chi connectivity index (χ4v) is 3.56. The molecule has 28 heavy (non-hydrogen) atoms. The van der Waals surface area contributed by atoms with Crippen LogP contribution in [0, 0.1) is 0 Å². The highest BCUT2D eigenvalue weighted by Crippen LogP contribution is 2.24. The van der Waals surface area contributed by atoms with Gasteiger partial charge in [-0.25, -0.2) is 4.98 Å². The molecule has 0 aliphatic heterocycles. The van der Waals surface area contributed by atoms with E-state index in [1.807, 2.05) is 48.5 Å². The Balaban J connectivity index is 0.00000196. The number of halogens is 2. The van der Waals surface area contributed by atoms with Crippen LogP contribution in [0.2, 0.25) is 0 Å². The van der Waals surface area contributed by atoms with Crippen molar-refractivity contribution in [1.29, 1.82) is 0 Å². The Labute approximate surface area is 182 Å². The van der Waals surface area contributed by atoms with E-state index in [2.05, 4.69) is 27.5 Å². The van der Waals surface area contributed by atoms with Crippen molar-refractivity contribution in [3.63, 3.8) is 0 Å². The number of imidazole rings is 1. The van der Waals surface area contributed by atoms with Gasteiger partial charge in [-0.2, -0.15) is 0 Å². The highest BCUT2D eigenvalue weighted by molar-refractivity contribution is 7.98. The molecule has 5 nitrogen and oxygen atoms in total. The Hall–Kier alpha value is -1.73. The first-order valence-corrected chi connectivity index (χ1v) is 9.91. The van der Waals surface area contributed by atoms with Gasteiger partial charge in [-0.05, 0) is 36.7 Å². The highest BCUT2D eigenvalue weighted by atomic mass is 35.5. The van der Waals surface area contributed by atoms with Crippen molar-refractivity contribution in [2.75, 3.05) is 19.6 Å². The molecule has 0 saturated carbocycles. The van der Waals surface area contributed by atoms with Gasteiger partial charge in [0.05, 0.1) is 11.0 Å². The number of aromatic nitrogens is 2. The number of fused-ring (bicyclic) bond motifs is 1. The van der Waals surface area contributed by atoms with Gasteiger partial charge in [-0.3, -0.25) is 4.79 Å². The van der Waals surface area contributed by atoms with Crippen molar-refractivity contribution in [2.45, 2.75) is 24.3 Å². The van der Waals surface area contributed by atoms with E-state index in [9.17, 15) is 4.79 Å². The number of thioether (sulfide) groups is 1. The number of nitrogens with zero attached hydrogens (tertiary/aromatic N) is 1. The molecule has 0 spiro atoms. The number of amides is 1. The van der Waals surface area contributed by atoms with E-state index in [1.54, 1.807) is 11.8 Å². The summed E-state index contributed by atoms with van der Waals surface area (Å²) in [5, 5.41) is 7.13. The minimum atomic E-state index is -0.0240. The average Bonchev–Trinajstić information content (AvgIpc) is 3.09. The van der Waals surface area contributed by atoms with Gasteiger partial charge in [-0.1, -0.05) is 49.0 Å². The normalized spacial score (nSPS) is 10.2. The van der Waals surface area contributed by atoms with Crippen molar-refractivity contribution in [1.82, 2.24) is 20.6 Å². The number of para-hydroxylation sites is 2. The quantitative estimate of drug-likeness (QED) is 0.340. The number of rotatable bonds is 9. The van der Waals surface area contributed by atoms with Gasteiger partial charge in [0.25, 0.3) is 5.91 Å². The minimum Gasteiger partial charge on any atom is -0.351 e. The monoisotopic (exact) mass is 440 g/mol. The number of carbonyl (C=O) groups is 1. The van der Waals surface area contributed by atoms with Gasteiger partial charge in [-0.15, -0.1) is 24.8 Å². The molecule has 1 heterocycles. The van der Waals surface area contributed by atoms with E-state index >= 15 is 0 Å². The number of H-pyrrole nitrogens is 1. The number of carbonyl (C=O) groups excluding carboxylic acids is 1. The lowest BCUT2D eigenvalue weighted by Crippen LogP contribution is -2.32. The summed E-state index contributed by atoms with van der Waals surface area (Å²) < 4.78 is 0. The first-order chi connectivity index (χ1) is 12.8. The molecule has 0 saturated heterocycles. The van der Waals surface area contributed by atoms with Crippen LogP contribution in [0.1, 0.15) is 29.3 Å². The van der Waals surface area contributed by atoms with E-state index < -0.39 is 0 Å². The van der Waals surface area contributed by atoms with Crippen LogP contribution in [0.25, 0.3) is 11.0 Å². The van der Waals surface area contributed by atoms with E-state index in [4.69, 9.17) is 0 Å². The second-order valence-corrected chi connectivity index (χ2v) is 6.97. The summed E-state index contributed by atoms with van der Waals surface area (Å²) in [6.45, 7) is 4.52. The molecular formula is C20H26Cl2N4OS. The standard InChI is InChI=1S/C20H24N4OS.2ClH/c1-2-11-21-12-13-22-19(25)16-8-4-3-7-15(16)14-26-20-23-17-9-5-6-10-18(17)24-20;;/h3-10,21H,2,11-14H2,1H3,(H,22,25)(H,23,24);2*1H. The topological polar surface area (TPSA) is 69.8 Å². The fourth-order valence-electron chi connectivity index (χ4n) is 2.67. The summed E-state index contributed by atoms with van der Waals surface area (Å²) in [6.07, 6.45) is 1.09. The van der Waals surface area contributed by atoms with E-state index in [0.29, 0.717) is 12.3 Å². The first-order valence-electron chi connectivity index (χ1n) is 8.92. The van der Waals surface area contributed by atoms with Crippen LogP contribution in [-0.4, -0.2) is 35.5 Å². The molecule has 0 unspecified atom stereocenters. The average molecular weight is 441 g/mol. The fraction of sp³-hybridized carbons (Fsp3) is 0.300. The Morgan fingerprint density at radius 2 is 1.79 bits per heavy atom. The van der Waals surface area contributed by atoms with Gasteiger partial charge in [0.2, 0.25) is 0 Å². The lowest BCUT2D eigenvalue weighted by Gasteiger charge is -2.10. The van der Waals surface area contributed by atoms with Gasteiger partial charge in [0.15, 0.2) is 5.16 Å². The third kappa shape index (κ3) is 6.71. The van der Waals surface area contributed by atoms with Crippen LogP contribution in [0.3, 0.4) is 0 Å². The van der Waals surface area contributed by atoms with Gasteiger partial charge >= 0.3 is 0 Å². The van der Waals surface area contributed by atoms with Crippen LogP contribution in [0.15, 0.2) is 53.7 Å². The lowest BCUT2D eigenvalue weighted by atomic mass is 10.1. The molecule has 3 N–H and O–H groups in total. The van der Waals surface area contributed by atoms with Gasteiger partial charge in [0, 0.05) is 24.4 Å². The highest BCUT2D eigenvalue weighted by Gasteiger charge is 2.11. The Bertz CT molecular complexity index is 839. The molecule has 0 aliphatic rings. The molecule has 3 rings (SSSR count). The molecule has 8 heteroatoms.